The van der Waals surface area contributed by atoms with Crippen molar-refractivity contribution in [2.24, 2.45) is 17.3 Å². The first-order valence-corrected chi connectivity index (χ1v) is 7.78. The highest BCUT2D eigenvalue weighted by Crippen LogP contribution is 2.57. The summed E-state index contributed by atoms with van der Waals surface area (Å²) in [6.45, 7) is 9.30. The van der Waals surface area contributed by atoms with Gasteiger partial charge in [0.1, 0.15) is 0 Å². The van der Waals surface area contributed by atoms with Crippen molar-refractivity contribution in [3.8, 4) is 0 Å². The SMILES string of the molecule is CC1(C)CCC[C@@](C)(Cl)[C@H]2CC[C@@](C)(Cl)C[C@@H]21. The minimum Gasteiger partial charge on any atom is -0.120 e. The van der Waals surface area contributed by atoms with E-state index in [0.29, 0.717) is 17.3 Å². The van der Waals surface area contributed by atoms with Gasteiger partial charge in [0.15, 0.2) is 0 Å². The largest absolute Gasteiger partial charge is 0.120 e. The predicted molar refractivity (Wildman–Crippen MR) is 77.0 cm³/mol. The van der Waals surface area contributed by atoms with Crippen molar-refractivity contribution >= 4 is 23.2 Å². The van der Waals surface area contributed by atoms with Gasteiger partial charge in [0.25, 0.3) is 0 Å². The Hall–Kier alpha value is 0.580. The summed E-state index contributed by atoms with van der Waals surface area (Å²) in [4.78, 5) is -0.0123. The van der Waals surface area contributed by atoms with Crippen LogP contribution >= 0.6 is 23.2 Å². The van der Waals surface area contributed by atoms with Crippen LogP contribution in [0.4, 0.5) is 0 Å². The van der Waals surface area contributed by atoms with E-state index in [1.165, 1.54) is 19.3 Å². The summed E-state index contributed by atoms with van der Waals surface area (Å²) >= 11 is 13.4. The number of rotatable bonds is 0. The van der Waals surface area contributed by atoms with E-state index in [0.717, 1.165) is 19.3 Å². The third kappa shape index (κ3) is 2.78. The number of hydrogen-bond donors (Lipinski definition) is 0. The number of halogens is 2. The van der Waals surface area contributed by atoms with Crippen LogP contribution in [-0.4, -0.2) is 9.75 Å². The fourth-order valence-electron chi connectivity index (χ4n) is 4.16. The van der Waals surface area contributed by atoms with Crippen molar-refractivity contribution in [1.29, 1.82) is 0 Å². The van der Waals surface area contributed by atoms with Crippen molar-refractivity contribution in [2.45, 2.75) is 76.0 Å². The lowest BCUT2D eigenvalue weighted by Crippen LogP contribution is -2.45. The van der Waals surface area contributed by atoms with E-state index >= 15 is 0 Å². The van der Waals surface area contributed by atoms with Crippen LogP contribution in [0.2, 0.25) is 0 Å². The predicted octanol–water partition coefficient (Wildman–Crippen LogP) is 5.61. The molecule has 0 nitrogen and oxygen atoms in total. The molecule has 0 bridgehead atoms. The molecular weight excluding hydrogens is 251 g/mol. The van der Waals surface area contributed by atoms with Crippen LogP contribution in [0.25, 0.3) is 0 Å². The van der Waals surface area contributed by atoms with Gasteiger partial charge in [-0.2, -0.15) is 0 Å². The van der Waals surface area contributed by atoms with Gasteiger partial charge in [-0.25, -0.2) is 0 Å². The Morgan fingerprint density at radius 3 is 2.18 bits per heavy atom. The second-order valence-corrected chi connectivity index (χ2v) is 9.27. The summed E-state index contributed by atoms with van der Waals surface area (Å²) in [5.74, 6) is 1.33. The smallest absolute Gasteiger partial charge is 0.0449 e. The Bertz CT molecular complexity index is 291. The molecule has 0 spiro atoms. The van der Waals surface area contributed by atoms with Gasteiger partial charge in [0.05, 0.1) is 0 Å². The van der Waals surface area contributed by atoms with Gasteiger partial charge >= 0.3 is 0 Å². The van der Waals surface area contributed by atoms with Crippen LogP contribution in [0.15, 0.2) is 0 Å². The first-order chi connectivity index (χ1) is 7.64. The quantitative estimate of drug-likeness (QED) is 0.505. The zero-order chi connectivity index (χ0) is 12.9. The summed E-state index contributed by atoms with van der Waals surface area (Å²) < 4.78 is 0. The first-order valence-electron chi connectivity index (χ1n) is 7.02. The Labute approximate surface area is 116 Å². The van der Waals surface area contributed by atoms with Crippen LogP contribution in [0.5, 0.6) is 0 Å². The third-order valence-electron chi connectivity index (χ3n) is 5.37. The molecule has 0 radical (unpaired) electrons. The number of fused-ring (bicyclic) bond motifs is 1. The van der Waals surface area contributed by atoms with Crippen molar-refractivity contribution in [3.63, 3.8) is 0 Å². The minimum absolute atomic E-state index is 0.00422. The average molecular weight is 277 g/mol. The van der Waals surface area contributed by atoms with E-state index < -0.39 is 0 Å². The summed E-state index contributed by atoms with van der Waals surface area (Å²) in [6, 6.07) is 0. The fourth-order valence-corrected chi connectivity index (χ4v) is 4.83. The minimum atomic E-state index is -0.00811. The highest BCUT2D eigenvalue weighted by atomic mass is 35.5. The van der Waals surface area contributed by atoms with Gasteiger partial charge in [-0.05, 0) is 63.2 Å². The molecule has 0 amide bonds. The van der Waals surface area contributed by atoms with Crippen LogP contribution < -0.4 is 0 Å². The lowest BCUT2D eigenvalue weighted by molar-refractivity contribution is 0.0658. The monoisotopic (exact) mass is 276 g/mol. The van der Waals surface area contributed by atoms with Crippen LogP contribution in [0.1, 0.15) is 66.2 Å². The van der Waals surface area contributed by atoms with E-state index in [-0.39, 0.29) is 9.75 Å². The number of alkyl halides is 2. The van der Waals surface area contributed by atoms with E-state index in [4.69, 9.17) is 23.2 Å². The second-order valence-electron chi connectivity index (χ2n) is 7.49. The van der Waals surface area contributed by atoms with Crippen molar-refractivity contribution < 1.29 is 0 Å². The Kier molecular flexibility index (Phi) is 3.54. The Balaban J connectivity index is 2.31. The third-order valence-corrected chi connectivity index (χ3v) is 6.18. The van der Waals surface area contributed by atoms with Gasteiger partial charge in [0.2, 0.25) is 0 Å². The van der Waals surface area contributed by atoms with Crippen LogP contribution in [-0.2, 0) is 0 Å². The molecule has 0 aliphatic heterocycles. The fraction of sp³-hybridized carbons (Fsp3) is 1.00. The molecule has 17 heavy (non-hydrogen) atoms. The lowest BCUT2D eigenvalue weighted by atomic mass is 9.60. The van der Waals surface area contributed by atoms with Gasteiger partial charge in [-0.15, -0.1) is 23.2 Å². The van der Waals surface area contributed by atoms with Crippen molar-refractivity contribution in [1.82, 2.24) is 0 Å². The molecule has 0 unspecified atom stereocenters. The summed E-state index contributed by atoms with van der Waals surface area (Å²) in [7, 11) is 0. The van der Waals surface area contributed by atoms with E-state index in [2.05, 4.69) is 27.7 Å². The molecule has 2 heteroatoms. The molecule has 2 aliphatic carbocycles. The molecule has 2 saturated carbocycles. The maximum atomic E-state index is 6.83. The van der Waals surface area contributed by atoms with E-state index in [1.54, 1.807) is 0 Å². The lowest BCUT2D eigenvalue weighted by Gasteiger charge is -2.49. The second kappa shape index (κ2) is 4.30. The average Bonchev–Trinajstić information content (AvgIpc) is 2.21. The molecule has 2 rings (SSSR count). The number of hydrogen-bond acceptors (Lipinski definition) is 0. The molecular formula is C15H26Cl2. The standard InChI is InChI=1S/C15H26Cl2/c1-13(2)7-5-8-15(4,17)11-6-9-14(3,16)10-12(11)13/h11-12H,5-10H2,1-4H3/t11-,12-,14+,15+/m0/s1. The topological polar surface area (TPSA) is 0 Å². The maximum Gasteiger partial charge on any atom is 0.0449 e. The normalized spacial score (nSPS) is 50.5. The molecule has 0 aromatic rings. The zero-order valence-corrected chi connectivity index (χ0v) is 13.2. The Morgan fingerprint density at radius 1 is 0.882 bits per heavy atom. The maximum absolute atomic E-state index is 6.83. The van der Waals surface area contributed by atoms with E-state index in [9.17, 15) is 0 Å². The van der Waals surface area contributed by atoms with Crippen LogP contribution in [0, 0.1) is 17.3 Å². The highest BCUT2D eigenvalue weighted by molar-refractivity contribution is 6.24. The van der Waals surface area contributed by atoms with Gasteiger partial charge in [-0.3, -0.25) is 0 Å². The molecule has 0 N–H and O–H groups in total. The molecule has 0 aromatic carbocycles. The van der Waals surface area contributed by atoms with E-state index in [1.807, 2.05) is 0 Å². The van der Waals surface area contributed by atoms with Gasteiger partial charge in [-0.1, -0.05) is 20.3 Å². The molecule has 0 aromatic heterocycles. The van der Waals surface area contributed by atoms with Crippen molar-refractivity contribution in [2.75, 3.05) is 0 Å². The molecule has 100 valence electrons. The highest BCUT2D eigenvalue weighted by Gasteiger charge is 2.51. The molecule has 2 aliphatic rings. The Morgan fingerprint density at radius 2 is 1.53 bits per heavy atom. The molecule has 0 saturated heterocycles. The molecule has 0 heterocycles. The summed E-state index contributed by atoms with van der Waals surface area (Å²) in [5.41, 5.74) is 0.397. The first kappa shape index (κ1) is 14.0. The summed E-state index contributed by atoms with van der Waals surface area (Å²) in [5, 5.41) is 0. The molecule has 4 atom stereocenters. The molecule has 2 fully saturated rings. The summed E-state index contributed by atoms with van der Waals surface area (Å²) in [6.07, 6.45) is 7.18. The zero-order valence-electron chi connectivity index (χ0n) is 11.7. The van der Waals surface area contributed by atoms with Crippen LogP contribution in [0.3, 0.4) is 0 Å². The van der Waals surface area contributed by atoms with Crippen molar-refractivity contribution in [3.05, 3.63) is 0 Å². The van der Waals surface area contributed by atoms with Gasteiger partial charge < -0.3 is 0 Å². The van der Waals surface area contributed by atoms with Gasteiger partial charge in [0, 0.05) is 9.75 Å².